The first-order valence-corrected chi connectivity index (χ1v) is 16.5. The van der Waals surface area contributed by atoms with E-state index in [1.54, 1.807) is 13.3 Å². The fraction of sp³-hybridized carbons (Fsp3) is 0.500. The number of hydrogen-bond donors (Lipinski definition) is 3. The lowest BCUT2D eigenvalue weighted by Gasteiger charge is -2.49. The van der Waals surface area contributed by atoms with E-state index in [0.717, 1.165) is 41.1 Å². The van der Waals surface area contributed by atoms with Gasteiger partial charge in [-0.1, -0.05) is 6.07 Å². The predicted octanol–water partition coefficient (Wildman–Crippen LogP) is 3.54. The Kier molecular flexibility index (Phi) is 8.20. The number of nitriles is 2. The molecule has 230 valence electrons. The van der Waals surface area contributed by atoms with Gasteiger partial charge in [0.15, 0.2) is 11.6 Å². The van der Waals surface area contributed by atoms with Crippen molar-refractivity contribution in [2.45, 2.75) is 48.8 Å². The van der Waals surface area contributed by atoms with E-state index < -0.39 is 0 Å². The summed E-state index contributed by atoms with van der Waals surface area (Å²) in [6.07, 6.45) is 3.60. The zero-order valence-electron chi connectivity index (χ0n) is 25.1. The maximum atomic E-state index is 10.6. The van der Waals surface area contributed by atoms with E-state index in [-0.39, 0.29) is 22.3 Å². The fourth-order valence-corrected chi connectivity index (χ4v) is 9.46. The molecular weight excluding hydrogens is 597 g/mol. The van der Waals surface area contributed by atoms with Crippen LogP contribution in [0.15, 0.2) is 18.3 Å². The highest BCUT2D eigenvalue weighted by Gasteiger charge is 2.53. The van der Waals surface area contributed by atoms with Gasteiger partial charge in [0, 0.05) is 54.7 Å². The monoisotopic (exact) mass is 632 g/mol. The molecule has 44 heavy (non-hydrogen) atoms. The number of anilines is 4. The number of rotatable bonds is 10. The number of ether oxygens (including phenoxy) is 2. The largest absolute Gasteiger partial charge is 0.461 e. The lowest BCUT2D eigenvalue weighted by Crippen LogP contribution is -2.57. The number of nitrogen functional groups attached to an aromatic ring is 2. The van der Waals surface area contributed by atoms with Crippen LogP contribution in [0.3, 0.4) is 0 Å². The molecule has 1 spiro atoms. The number of fused-ring (bicyclic) bond motifs is 2. The van der Waals surface area contributed by atoms with E-state index in [2.05, 4.69) is 27.3 Å². The molecule has 0 amide bonds. The number of thioether (sulfide) groups is 1. The third kappa shape index (κ3) is 5.06. The van der Waals surface area contributed by atoms with Gasteiger partial charge >= 0.3 is 6.01 Å². The van der Waals surface area contributed by atoms with E-state index in [9.17, 15) is 10.5 Å². The Bertz CT molecular complexity index is 1640. The van der Waals surface area contributed by atoms with Gasteiger partial charge in [0.05, 0.1) is 28.5 Å². The van der Waals surface area contributed by atoms with Gasteiger partial charge in [-0.25, -0.2) is 4.98 Å². The Morgan fingerprint density at radius 1 is 1.20 bits per heavy atom. The fourth-order valence-electron chi connectivity index (χ4n) is 6.65. The number of methoxy groups -OCH3 is 1. The van der Waals surface area contributed by atoms with Crippen molar-refractivity contribution in [2.75, 3.05) is 67.8 Å². The second kappa shape index (κ2) is 11.9. The van der Waals surface area contributed by atoms with Crippen LogP contribution in [0.2, 0.25) is 0 Å². The Labute approximate surface area is 265 Å². The molecule has 0 bridgehead atoms. The molecule has 3 aliphatic rings. The maximum Gasteiger partial charge on any atom is 0.320 e. The van der Waals surface area contributed by atoms with Gasteiger partial charge in [-0.3, -0.25) is 0 Å². The number of thiophene rings is 1. The lowest BCUT2D eigenvalue weighted by molar-refractivity contribution is 0.0794. The van der Waals surface area contributed by atoms with Crippen molar-refractivity contribution in [1.82, 2.24) is 20.3 Å². The summed E-state index contributed by atoms with van der Waals surface area (Å²) in [6.45, 7) is 7.49. The molecule has 1 unspecified atom stereocenters. The minimum Gasteiger partial charge on any atom is -0.461 e. The van der Waals surface area contributed by atoms with Crippen molar-refractivity contribution in [3.8, 4) is 18.1 Å². The zero-order valence-corrected chi connectivity index (χ0v) is 26.7. The molecule has 0 saturated carbocycles. The van der Waals surface area contributed by atoms with Crippen LogP contribution in [-0.4, -0.2) is 67.0 Å². The van der Waals surface area contributed by atoms with E-state index in [1.807, 2.05) is 42.6 Å². The van der Waals surface area contributed by atoms with Gasteiger partial charge in [0.25, 0.3) is 0 Å². The molecule has 6 heterocycles. The average Bonchev–Trinajstić information content (AvgIpc) is 3.70. The molecule has 2 saturated heterocycles. The molecule has 0 aromatic carbocycles. The number of aromatic nitrogens is 3. The molecule has 2 fully saturated rings. The molecule has 3 aliphatic heterocycles. The Morgan fingerprint density at radius 3 is 2.66 bits per heavy atom. The van der Waals surface area contributed by atoms with Crippen molar-refractivity contribution >= 4 is 45.6 Å². The summed E-state index contributed by atoms with van der Waals surface area (Å²) in [5, 5.41) is 24.5. The quantitative estimate of drug-likeness (QED) is 0.296. The van der Waals surface area contributed by atoms with Crippen molar-refractivity contribution in [3.05, 3.63) is 45.5 Å². The number of hydrogen-bond acceptors (Lipinski definition) is 14. The Balaban J connectivity index is 1.39. The first-order valence-electron chi connectivity index (χ1n) is 14.6. The van der Waals surface area contributed by atoms with Gasteiger partial charge < -0.3 is 36.1 Å². The summed E-state index contributed by atoms with van der Waals surface area (Å²) in [5.74, 6) is 2.23. The van der Waals surface area contributed by atoms with E-state index >= 15 is 0 Å². The number of nitrogens with zero attached hydrogens (tertiary/aromatic N) is 7. The van der Waals surface area contributed by atoms with E-state index in [1.165, 1.54) is 11.3 Å². The van der Waals surface area contributed by atoms with Crippen LogP contribution in [-0.2, 0) is 15.2 Å². The molecule has 6 rings (SSSR count). The van der Waals surface area contributed by atoms with Crippen LogP contribution >= 0.6 is 23.1 Å². The highest BCUT2D eigenvalue weighted by Crippen LogP contribution is 2.58. The average molecular weight is 633 g/mol. The predicted molar refractivity (Wildman–Crippen MR) is 173 cm³/mol. The van der Waals surface area contributed by atoms with Crippen molar-refractivity contribution in [2.24, 2.45) is 0 Å². The highest BCUT2D eigenvalue weighted by molar-refractivity contribution is 8.00. The Morgan fingerprint density at radius 2 is 2.00 bits per heavy atom. The zero-order chi connectivity index (χ0) is 31.1. The summed E-state index contributed by atoms with van der Waals surface area (Å²) < 4.78 is 11.6. The number of pyridine rings is 1. The van der Waals surface area contributed by atoms with Gasteiger partial charge in [-0.15, -0.1) is 23.1 Å². The summed E-state index contributed by atoms with van der Waals surface area (Å²) in [6, 6.07) is 8.49. The van der Waals surface area contributed by atoms with E-state index in [0.29, 0.717) is 66.4 Å². The summed E-state index contributed by atoms with van der Waals surface area (Å²) in [7, 11) is 1.69. The molecular formula is C30H36N10O2S2. The van der Waals surface area contributed by atoms with Crippen LogP contribution in [0, 0.1) is 22.7 Å². The molecule has 2 atom stereocenters. The third-order valence-electron chi connectivity index (χ3n) is 8.84. The second-order valence-corrected chi connectivity index (χ2v) is 14.0. The van der Waals surface area contributed by atoms with Gasteiger partial charge in [-0.2, -0.15) is 20.5 Å². The van der Waals surface area contributed by atoms with Crippen molar-refractivity contribution in [1.29, 1.82) is 10.5 Å². The van der Waals surface area contributed by atoms with Crippen LogP contribution in [0.4, 0.5) is 22.5 Å². The normalized spacial score (nSPS) is 20.5. The molecule has 14 heteroatoms. The summed E-state index contributed by atoms with van der Waals surface area (Å²) >= 11 is 3.32. The van der Waals surface area contributed by atoms with Crippen LogP contribution in [0.5, 0.6) is 6.01 Å². The summed E-state index contributed by atoms with van der Waals surface area (Å²) in [5.41, 5.74) is 15.0. The second-order valence-electron chi connectivity index (χ2n) is 11.5. The van der Waals surface area contributed by atoms with Crippen LogP contribution in [0.25, 0.3) is 0 Å². The first-order chi connectivity index (χ1) is 21.3. The lowest BCUT2D eigenvalue weighted by atomic mass is 9.88. The summed E-state index contributed by atoms with van der Waals surface area (Å²) in [4.78, 5) is 19.3. The van der Waals surface area contributed by atoms with Crippen molar-refractivity contribution < 1.29 is 9.47 Å². The van der Waals surface area contributed by atoms with Crippen LogP contribution < -0.4 is 31.3 Å². The minimum absolute atomic E-state index is 0.196. The standard InChI is InChI=1S/C30H36N10O2S2/c1-4-40(18(2)19-7-5-9-35-24(19)33)27-21(12-32)26(37-28(38-27)42-17-29(16-41-3)8-6-10-36-29)39-14-30(15-39)23-20(11-31)25(34)44-22(23)13-43-30/h5,7,9,18,36H,4,6,8,10,13-17,34H2,1-3H3,(H2,33,35)/t18-,29?/m1/s1. The molecule has 3 aromatic rings. The SMILES string of the molecule is CCN(c1nc(OCC2(COC)CCCN2)nc(N2CC3(C2)SCc2sc(N)c(C#N)c23)c1C#N)[C@H](C)c1cccnc1N. The van der Waals surface area contributed by atoms with Gasteiger partial charge in [-0.05, 0) is 39.3 Å². The molecule has 0 radical (unpaired) electrons. The molecule has 0 aliphatic carbocycles. The molecule has 3 aromatic heterocycles. The smallest absolute Gasteiger partial charge is 0.320 e. The van der Waals surface area contributed by atoms with Gasteiger partial charge in [0.1, 0.15) is 35.1 Å². The minimum atomic E-state index is -0.335. The topological polar surface area (TPSA) is 175 Å². The number of nitrogens with two attached hydrogens (primary N) is 2. The first kappa shape index (κ1) is 30.2. The molecule has 12 nitrogen and oxygen atoms in total. The highest BCUT2D eigenvalue weighted by atomic mass is 32.2. The van der Waals surface area contributed by atoms with Crippen molar-refractivity contribution in [3.63, 3.8) is 0 Å². The van der Waals surface area contributed by atoms with Crippen LogP contribution in [0.1, 0.15) is 59.9 Å². The number of nitrogens with one attached hydrogen (secondary N) is 1. The van der Waals surface area contributed by atoms with Gasteiger partial charge in [0.2, 0.25) is 0 Å². The van der Waals surface area contributed by atoms with E-state index in [4.69, 9.17) is 30.9 Å². The Hall–Kier alpha value is -3.82. The third-order valence-corrected chi connectivity index (χ3v) is 11.5. The molecule has 5 N–H and O–H groups in total. The maximum absolute atomic E-state index is 10.6.